The van der Waals surface area contributed by atoms with Gasteiger partial charge in [0, 0.05) is 12.6 Å². The summed E-state index contributed by atoms with van der Waals surface area (Å²) in [6.45, 7) is 4.69. The van der Waals surface area contributed by atoms with E-state index in [4.69, 9.17) is 0 Å². The Kier molecular flexibility index (Phi) is 5.32. The molecule has 0 saturated heterocycles. The SMILES string of the molecule is CC1CCCCC1NC(=O)C1(C)Cn2c(cc3sccc32)C(=O)N1Cc1ccc(F)cc1. The molecule has 2 aromatic heterocycles. The van der Waals surface area contributed by atoms with E-state index in [-0.39, 0.29) is 30.2 Å². The Labute approximate surface area is 191 Å². The van der Waals surface area contributed by atoms with Crippen LogP contribution in [0.2, 0.25) is 0 Å². The Morgan fingerprint density at radius 3 is 2.72 bits per heavy atom. The zero-order chi connectivity index (χ0) is 22.5. The monoisotopic (exact) mass is 453 g/mol. The molecule has 0 spiro atoms. The number of carbonyl (C=O) groups excluding carboxylic acids is 2. The molecule has 1 N–H and O–H groups in total. The van der Waals surface area contributed by atoms with Gasteiger partial charge in [0.1, 0.15) is 17.1 Å². The second-order valence-corrected chi connectivity index (χ2v) is 10.4. The lowest BCUT2D eigenvalue weighted by Crippen LogP contribution is -2.65. The molecule has 32 heavy (non-hydrogen) atoms. The third kappa shape index (κ3) is 3.52. The summed E-state index contributed by atoms with van der Waals surface area (Å²) in [7, 11) is 0. The maximum Gasteiger partial charge on any atom is 0.271 e. The number of hydrogen-bond donors (Lipinski definition) is 1. The summed E-state index contributed by atoms with van der Waals surface area (Å²) in [4.78, 5) is 29.1. The molecule has 0 radical (unpaired) electrons. The summed E-state index contributed by atoms with van der Waals surface area (Å²) in [6, 6.07) is 10.2. The highest BCUT2D eigenvalue weighted by Gasteiger charge is 2.48. The van der Waals surface area contributed by atoms with Crippen LogP contribution in [0.5, 0.6) is 0 Å². The van der Waals surface area contributed by atoms with Crippen molar-refractivity contribution in [2.45, 2.75) is 64.2 Å². The van der Waals surface area contributed by atoms with Gasteiger partial charge in [-0.05, 0) is 60.9 Å². The number of benzene rings is 1. The van der Waals surface area contributed by atoms with E-state index in [0.717, 1.165) is 35.0 Å². The van der Waals surface area contributed by atoms with Gasteiger partial charge in [-0.2, -0.15) is 0 Å². The number of amides is 2. The van der Waals surface area contributed by atoms with Crippen LogP contribution in [0, 0.1) is 11.7 Å². The number of nitrogens with one attached hydrogen (secondary N) is 1. The van der Waals surface area contributed by atoms with E-state index in [1.54, 1.807) is 28.4 Å². The molecular formula is C25H28FN3O2S. The van der Waals surface area contributed by atoms with Crippen LogP contribution in [0.15, 0.2) is 41.8 Å². The largest absolute Gasteiger partial charge is 0.351 e. The molecule has 1 saturated carbocycles. The first-order valence-corrected chi connectivity index (χ1v) is 12.2. The third-order valence-electron chi connectivity index (χ3n) is 7.22. The van der Waals surface area contributed by atoms with Crippen molar-refractivity contribution in [3.8, 4) is 0 Å². The minimum absolute atomic E-state index is 0.116. The van der Waals surface area contributed by atoms with Gasteiger partial charge in [0.25, 0.3) is 5.91 Å². The molecule has 0 bridgehead atoms. The van der Waals surface area contributed by atoms with E-state index in [2.05, 4.69) is 12.2 Å². The number of carbonyl (C=O) groups is 2. The molecule has 2 aliphatic rings. The highest BCUT2D eigenvalue weighted by Crippen LogP contribution is 2.36. The number of fused-ring (bicyclic) bond motifs is 3. The van der Waals surface area contributed by atoms with Crippen LogP contribution >= 0.6 is 11.3 Å². The molecule has 1 aliphatic carbocycles. The standard InChI is InChI=1S/C25H28FN3O2S/c1-16-5-3-4-6-19(16)27-24(31)25(2)15-28-20-11-12-32-22(20)13-21(28)23(30)29(25)14-17-7-9-18(26)10-8-17/h7-13,16,19H,3-6,14-15H2,1-2H3,(H,27,31). The topological polar surface area (TPSA) is 54.3 Å². The molecule has 3 unspecified atom stereocenters. The van der Waals surface area contributed by atoms with Crippen LogP contribution in [-0.2, 0) is 17.9 Å². The Morgan fingerprint density at radius 2 is 1.97 bits per heavy atom. The Hall–Kier alpha value is -2.67. The van der Waals surface area contributed by atoms with E-state index >= 15 is 0 Å². The normalized spacial score (nSPS) is 25.7. The van der Waals surface area contributed by atoms with E-state index in [1.165, 1.54) is 18.6 Å². The zero-order valence-electron chi connectivity index (χ0n) is 18.4. The molecule has 2 amide bonds. The minimum atomic E-state index is -1.05. The van der Waals surface area contributed by atoms with Crippen molar-refractivity contribution >= 4 is 33.4 Å². The molecule has 1 fully saturated rings. The van der Waals surface area contributed by atoms with Crippen LogP contribution in [0.25, 0.3) is 10.2 Å². The van der Waals surface area contributed by atoms with Gasteiger partial charge in [0.05, 0.1) is 16.8 Å². The second kappa shape index (κ2) is 8.03. The van der Waals surface area contributed by atoms with Crippen molar-refractivity contribution in [1.82, 2.24) is 14.8 Å². The summed E-state index contributed by atoms with van der Waals surface area (Å²) >= 11 is 1.59. The lowest BCUT2D eigenvalue weighted by Gasteiger charge is -2.45. The number of rotatable bonds is 4. The summed E-state index contributed by atoms with van der Waals surface area (Å²) < 4.78 is 16.5. The molecule has 168 valence electrons. The van der Waals surface area contributed by atoms with E-state index < -0.39 is 5.54 Å². The van der Waals surface area contributed by atoms with Crippen molar-refractivity contribution in [1.29, 1.82) is 0 Å². The van der Waals surface area contributed by atoms with Crippen LogP contribution in [-0.4, -0.2) is 32.9 Å². The fourth-order valence-corrected chi connectivity index (χ4v) is 5.97. The first kappa shape index (κ1) is 21.2. The van der Waals surface area contributed by atoms with Gasteiger partial charge in [0.2, 0.25) is 5.91 Å². The van der Waals surface area contributed by atoms with E-state index in [9.17, 15) is 14.0 Å². The highest BCUT2D eigenvalue weighted by atomic mass is 32.1. The molecular weight excluding hydrogens is 425 g/mol. The first-order valence-electron chi connectivity index (χ1n) is 11.3. The average Bonchev–Trinajstić information content (AvgIpc) is 3.36. The number of hydrogen-bond acceptors (Lipinski definition) is 3. The molecule has 5 nitrogen and oxygen atoms in total. The predicted molar refractivity (Wildman–Crippen MR) is 124 cm³/mol. The Balaban J connectivity index is 1.52. The van der Waals surface area contributed by atoms with Crippen molar-refractivity contribution in [2.24, 2.45) is 5.92 Å². The van der Waals surface area contributed by atoms with Gasteiger partial charge >= 0.3 is 0 Å². The predicted octanol–water partition coefficient (Wildman–Crippen LogP) is 4.95. The number of thiophene rings is 1. The molecule has 3 heterocycles. The quantitative estimate of drug-likeness (QED) is 0.608. The Morgan fingerprint density at radius 1 is 1.22 bits per heavy atom. The molecule has 5 rings (SSSR count). The number of halogens is 1. The molecule has 3 aromatic rings. The smallest absolute Gasteiger partial charge is 0.271 e. The minimum Gasteiger partial charge on any atom is -0.351 e. The number of nitrogens with zero attached hydrogens (tertiary/aromatic N) is 2. The van der Waals surface area contributed by atoms with Crippen LogP contribution in [0.4, 0.5) is 4.39 Å². The fraction of sp³-hybridized carbons (Fsp3) is 0.440. The van der Waals surface area contributed by atoms with Gasteiger partial charge < -0.3 is 14.8 Å². The van der Waals surface area contributed by atoms with Crippen LogP contribution in [0.3, 0.4) is 0 Å². The van der Waals surface area contributed by atoms with E-state index in [1.807, 2.05) is 29.0 Å². The van der Waals surface area contributed by atoms with Crippen molar-refractivity contribution in [3.63, 3.8) is 0 Å². The Bertz CT molecular complexity index is 1170. The first-order chi connectivity index (χ1) is 15.4. The lowest BCUT2D eigenvalue weighted by atomic mass is 9.85. The summed E-state index contributed by atoms with van der Waals surface area (Å²) in [6.07, 6.45) is 4.39. The van der Waals surface area contributed by atoms with Crippen molar-refractivity contribution in [2.75, 3.05) is 0 Å². The van der Waals surface area contributed by atoms with Gasteiger partial charge in [0.15, 0.2) is 0 Å². The highest BCUT2D eigenvalue weighted by molar-refractivity contribution is 7.17. The maximum absolute atomic E-state index is 13.8. The molecule has 3 atom stereocenters. The van der Waals surface area contributed by atoms with Gasteiger partial charge in [-0.3, -0.25) is 9.59 Å². The maximum atomic E-state index is 13.8. The molecule has 1 aromatic carbocycles. The van der Waals surface area contributed by atoms with Gasteiger partial charge in [-0.1, -0.05) is 31.9 Å². The summed E-state index contributed by atoms with van der Waals surface area (Å²) in [5.74, 6) is -0.181. The van der Waals surface area contributed by atoms with Crippen LogP contribution < -0.4 is 5.32 Å². The lowest BCUT2D eigenvalue weighted by molar-refractivity contribution is -0.134. The third-order valence-corrected chi connectivity index (χ3v) is 8.07. The van der Waals surface area contributed by atoms with Gasteiger partial charge in [-0.15, -0.1) is 11.3 Å². The summed E-state index contributed by atoms with van der Waals surface area (Å²) in [5.41, 5.74) is 1.34. The average molecular weight is 454 g/mol. The van der Waals surface area contributed by atoms with Gasteiger partial charge in [-0.25, -0.2) is 4.39 Å². The van der Waals surface area contributed by atoms with E-state index in [0.29, 0.717) is 18.2 Å². The fourth-order valence-electron chi connectivity index (χ4n) is 5.15. The zero-order valence-corrected chi connectivity index (χ0v) is 19.3. The molecule has 1 aliphatic heterocycles. The van der Waals surface area contributed by atoms with Crippen LogP contribution in [0.1, 0.15) is 55.6 Å². The summed E-state index contributed by atoms with van der Waals surface area (Å²) in [5, 5.41) is 5.29. The second-order valence-electron chi connectivity index (χ2n) is 9.42. The number of aromatic nitrogens is 1. The van der Waals surface area contributed by atoms with Crippen molar-refractivity contribution in [3.05, 3.63) is 58.9 Å². The van der Waals surface area contributed by atoms with Crippen molar-refractivity contribution < 1.29 is 14.0 Å². The molecule has 7 heteroatoms.